The van der Waals surface area contributed by atoms with Crippen LogP contribution in [0, 0.1) is 0 Å². The minimum absolute atomic E-state index is 0.103. The molecule has 2 rings (SSSR count). The maximum Gasteiger partial charge on any atom is 0.240 e. The van der Waals surface area contributed by atoms with Gasteiger partial charge in [0.25, 0.3) is 0 Å². The highest BCUT2D eigenvalue weighted by molar-refractivity contribution is 7.89. The van der Waals surface area contributed by atoms with E-state index in [9.17, 15) is 8.42 Å². The largest absolute Gasteiger partial charge is 0.392 e. The molecule has 1 aromatic rings. The van der Waals surface area contributed by atoms with Gasteiger partial charge in [0.2, 0.25) is 10.0 Å². The van der Waals surface area contributed by atoms with Crippen molar-refractivity contribution in [2.75, 3.05) is 39.4 Å². The van der Waals surface area contributed by atoms with Gasteiger partial charge >= 0.3 is 0 Å². The molecule has 1 aliphatic heterocycles. The van der Waals surface area contributed by atoms with E-state index in [-0.39, 0.29) is 16.5 Å². The summed E-state index contributed by atoms with van der Waals surface area (Å²) in [5.74, 6) is 0. The molecule has 8 heteroatoms. The minimum atomic E-state index is -3.58. The van der Waals surface area contributed by atoms with Crippen molar-refractivity contribution in [3.05, 3.63) is 28.8 Å². The van der Waals surface area contributed by atoms with Gasteiger partial charge < -0.3 is 9.84 Å². The van der Waals surface area contributed by atoms with Crippen molar-refractivity contribution in [1.29, 1.82) is 0 Å². The molecule has 1 aliphatic rings. The van der Waals surface area contributed by atoms with Crippen LogP contribution in [0.2, 0.25) is 5.02 Å². The zero-order valence-electron chi connectivity index (χ0n) is 11.6. The fourth-order valence-corrected chi connectivity index (χ4v) is 3.42. The molecule has 0 amide bonds. The monoisotopic (exact) mass is 334 g/mol. The molecule has 0 bridgehead atoms. The number of aliphatic hydroxyl groups is 1. The van der Waals surface area contributed by atoms with Gasteiger partial charge in [-0.2, -0.15) is 0 Å². The van der Waals surface area contributed by atoms with E-state index in [1.54, 1.807) is 0 Å². The van der Waals surface area contributed by atoms with Crippen LogP contribution in [-0.4, -0.2) is 57.8 Å². The van der Waals surface area contributed by atoms with E-state index in [0.29, 0.717) is 31.9 Å². The molecule has 118 valence electrons. The van der Waals surface area contributed by atoms with Crippen LogP contribution in [-0.2, 0) is 21.4 Å². The summed E-state index contributed by atoms with van der Waals surface area (Å²) in [6, 6.07) is 4.30. The zero-order valence-corrected chi connectivity index (χ0v) is 13.2. The van der Waals surface area contributed by atoms with Gasteiger partial charge in [0, 0.05) is 31.2 Å². The number of hydrogen-bond acceptors (Lipinski definition) is 5. The number of nitrogens with one attached hydrogen (secondary N) is 1. The Balaban J connectivity index is 1.93. The van der Waals surface area contributed by atoms with Crippen LogP contribution >= 0.6 is 11.6 Å². The summed E-state index contributed by atoms with van der Waals surface area (Å²) >= 11 is 5.92. The highest BCUT2D eigenvalue weighted by atomic mass is 35.5. The van der Waals surface area contributed by atoms with Crippen LogP contribution < -0.4 is 4.72 Å². The third-order valence-electron chi connectivity index (χ3n) is 3.33. The van der Waals surface area contributed by atoms with Crippen molar-refractivity contribution in [2.24, 2.45) is 0 Å². The summed E-state index contributed by atoms with van der Waals surface area (Å²) in [5, 5.41) is 9.28. The Kier molecular flexibility index (Phi) is 5.98. The molecule has 1 saturated heterocycles. The summed E-state index contributed by atoms with van der Waals surface area (Å²) in [6.45, 7) is 3.77. The predicted molar refractivity (Wildman–Crippen MR) is 79.8 cm³/mol. The lowest BCUT2D eigenvalue weighted by atomic mass is 10.2. The van der Waals surface area contributed by atoms with E-state index < -0.39 is 10.0 Å². The SMILES string of the molecule is O=S(=O)(NCCN1CCOCC1)c1ccc(CO)c(Cl)c1. The van der Waals surface area contributed by atoms with E-state index in [0.717, 1.165) is 13.1 Å². The molecule has 1 heterocycles. The van der Waals surface area contributed by atoms with Gasteiger partial charge in [0.05, 0.1) is 24.7 Å². The number of halogens is 1. The first-order valence-electron chi connectivity index (χ1n) is 6.72. The minimum Gasteiger partial charge on any atom is -0.392 e. The summed E-state index contributed by atoms with van der Waals surface area (Å²) in [7, 11) is -3.58. The summed E-state index contributed by atoms with van der Waals surface area (Å²) < 4.78 is 32.1. The van der Waals surface area contributed by atoms with Crippen LogP contribution in [0.1, 0.15) is 5.56 Å². The second kappa shape index (κ2) is 7.53. The molecule has 0 unspecified atom stereocenters. The predicted octanol–water partition coefficient (Wildman–Crippen LogP) is 0.443. The van der Waals surface area contributed by atoms with E-state index in [1.165, 1.54) is 18.2 Å². The fourth-order valence-electron chi connectivity index (χ4n) is 2.07. The highest BCUT2D eigenvalue weighted by Gasteiger charge is 2.16. The number of ether oxygens (including phenoxy) is 1. The van der Waals surface area contributed by atoms with Crippen molar-refractivity contribution in [1.82, 2.24) is 9.62 Å². The van der Waals surface area contributed by atoms with Crippen LogP contribution in [0.15, 0.2) is 23.1 Å². The Bertz CT molecular complexity index is 574. The van der Waals surface area contributed by atoms with Crippen molar-refractivity contribution in [2.45, 2.75) is 11.5 Å². The van der Waals surface area contributed by atoms with Gasteiger partial charge in [-0.05, 0) is 17.7 Å². The molecule has 0 aromatic heterocycles. The standard InChI is InChI=1S/C13H19ClN2O4S/c14-13-9-12(2-1-11(13)10-17)21(18,19)15-3-4-16-5-7-20-8-6-16/h1-2,9,15,17H,3-8,10H2. The Morgan fingerprint density at radius 3 is 2.67 bits per heavy atom. The average Bonchev–Trinajstić information content (AvgIpc) is 2.48. The van der Waals surface area contributed by atoms with E-state index in [2.05, 4.69) is 9.62 Å². The third kappa shape index (κ3) is 4.64. The zero-order chi connectivity index (χ0) is 15.3. The molecular weight excluding hydrogens is 316 g/mol. The van der Waals surface area contributed by atoms with Gasteiger partial charge in [0.1, 0.15) is 0 Å². The lowest BCUT2D eigenvalue weighted by Crippen LogP contribution is -2.41. The maximum atomic E-state index is 12.2. The molecule has 1 fully saturated rings. The normalized spacial score (nSPS) is 17.0. The topological polar surface area (TPSA) is 78.9 Å². The first kappa shape index (κ1) is 16.7. The van der Waals surface area contributed by atoms with Crippen molar-refractivity contribution >= 4 is 21.6 Å². The molecule has 0 saturated carbocycles. The smallest absolute Gasteiger partial charge is 0.240 e. The average molecular weight is 335 g/mol. The molecule has 1 aromatic carbocycles. The molecule has 0 spiro atoms. The summed E-state index contributed by atoms with van der Waals surface area (Å²) in [6.07, 6.45) is 0. The number of hydrogen-bond donors (Lipinski definition) is 2. The number of nitrogens with zero attached hydrogens (tertiary/aromatic N) is 1. The highest BCUT2D eigenvalue weighted by Crippen LogP contribution is 2.20. The molecule has 6 nitrogen and oxygen atoms in total. The molecule has 2 N–H and O–H groups in total. The molecule has 0 atom stereocenters. The Morgan fingerprint density at radius 2 is 2.05 bits per heavy atom. The van der Waals surface area contributed by atoms with Crippen LogP contribution in [0.4, 0.5) is 0 Å². The van der Waals surface area contributed by atoms with E-state index >= 15 is 0 Å². The number of sulfonamides is 1. The van der Waals surface area contributed by atoms with Gasteiger partial charge in [-0.3, -0.25) is 4.90 Å². The molecule has 21 heavy (non-hydrogen) atoms. The van der Waals surface area contributed by atoms with Crippen LogP contribution in [0.25, 0.3) is 0 Å². The maximum absolute atomic E-state index is 12.2. The summed E-state index contributed by atoms with van der Waals surface area (Å²) in [4.78, 5) is 2.25. The lowest BCUT2D eigenvalue weighted by molar-refractivity contribution is 0.0390. The number of rotatable bonds is 6. The second-order valence-corrected chi connectivity index (χ2v) is 6.94. The lowest BCUT2D eigenvalue weighted by Gasteiger charge is -2.26. The number of morpholine rings is 1. The van der Waals surface area contributed by atoms with E-state index in [4.69, 9.17) is 21.4 Å². The fraction of sp³-hybridized carbons (Fsp3) is 0.538. The Hall–Kier alpha value is -0.700. The molecular formula is C13H19ClN2O4S. The molecule has 0 aliphatic carbocycles. The van der Waals surface area contributed by atoms with Gasteiger partial charge in [-0.15, -0.1) is 0 Å². The van der Waals surface area contributed by atoms with Crippen LogP contribution in [0.5, 0.6) is 0 Å². The number of benzene rings is 1. The van der Waals surface area contributed by atoms with Crippen molar-refractivity contribution < 1.29 is 18.3 Å². The second-order valence-electron chi connectivity index (χ2n) is 4.76. The number of aliphatic hydroxyl groups excluding tert-OH is 1. The van der Waals surface area contributed by atoms with E-state index in [1.807, 2.05) is 0 Å². The molecule has 0 radical (unpaired) electrons. The first-order valence-corrected chi connectivity index (χ1v) is 8.58. The first-order chi connectivity index (χ1) is 10.0. The van der Waals surface area contributed by atoms with Gasteiger partial charge in [-0.25, -0.2) is 13.1 Å². The summed E-state index contributed by atoms with van der Waals surface area (Å²) in [5.41, 5.74) is 0.504. The third-order valence-corrected chi connectivity index (χ3v) is 5.14. The van der Waals surface area contributed by atoms with Gasteiger partial charge in [0.15, 0.2) is 0 Å². The van der Waals surface area contributed by atoms with Crippen LogP contribution in [0.3, 0.4) is 0 Å². The van der Waals surface area contributed by atoms with Gasteiger partial charge in [-0.1, -0.05) is 17.7 Å². The quantitative estimate of drug-likeness (QED) is 0.789. The van der Waals surface area contributed by atoms with Crippen molar-refractivity contribution in [3.8, 4) is 0 Å². The Labute approximate surface area is 129 Å². The Morgan fingerprint density at radius 1 is 1.33 bits per heavy atom. The van der Waals surface area contributed by atoms with Crippen molar-refractivity contribution in [3.63, 3.8) is 0 Å².